The molecular formula is C11H9NO4. The first-order valence-electron chi connectivity index (χ1n) is 4.66. The highest BCUT2D eigenvalue weighted by Gasteiger charge is 2.39. The molecule has 0 aliphatic carbocycles. The van der Waals surface area contributed by atoms with Gasteiger partial charge in [0.2, 0.25) is 0 Å². The Morgan fingerprint density at radius 3 is 2.12 bits per heavy atom. The van der Waals surface area contributed by atoms with E-state index in [1.165, 1.54) is 19.2 Å². The minimum Gasteiger partial charge on any atom is -0.375 e. The van der Waals surface area contributed by atoms with Crippen molar-refractivity contribution >= 4 is 17.7 Å². The van der Waals surface area contributed by atoms with E-state index >= 15 is 0 Å². The van der Waals surface area contributed by atoms with Gasteiger partial charge in [-0.3, -0.25) is 14.4 Å². The fourth-order valence-corrected chi connectivity index (χ4v) is 1.60. The number of benzene rings is 1. The molecular weight excluding hydrogens is 210 g/mol. The van der Waals surface area contributed by atoms with E-state index in [2.05, 4.69) is 4.74 Å². The third-order valence-electron chi connectivity index (χ3n) is 2.31. The number of fused-ring (bicyclic) bond motifs is 1. The van der Waals surface area contributed by atoms with Gasteiger partial charge in [-0.25, -0.2) is 4.90 Å². The molecule has 0 bridgehead atoms. The van der Waals surface area contributed by atoms with Gasteiger partial charge in [0.05, 0.1) is 11.1 Å². The van der Waals surface area contributed by atoms with E-state index in [0.29, 0.717) is 4.90 Å². The number of amides is 3. The molecule has 0 N–H and O–H groups in total. The number of imide groups is 3. The molecule has 3 amide bonds. The molecule has 0 saturated carbocycles. The summed E-state index contributed by atoms with van der Waals surface area (Å²) in [5.41, 5.74) is 0.522. The summed E-state index contributed by atoms with van der Waals surface area (Å²) in [6.07, 6.45) is 0. The number of hydrogen-bond donors (Lipinski definition) is 0. The van der Waals surface area contributed by atoms with Crippen LogP contribution >= 0.6 is 0 Å². The number of carbonyl (C=O) groups excluding carboxylic acids is 3. The van der Waals surface area contributed by atoms with Crippen LogP contribution in [-0.4, -0.2) is 36.3 Å². The van der Waals surface area contributed by atoms with Gasteiger partial charge in [0.15, 0.2) is 0 Å². The Morgan fingerprint density at radius 2 is 1.69 bits per heavy atom. The molecule has 0 radical (unpaired) electrons. The van der Waals surface area contributed by atoms with Gasteiger partial charge in [-0.1, -0.05) is 12.1 Å². The topological polar surface area (TPSA) is 63.7 Å². The van der Waals surface area contributed by atoms with Crippen molar-refractivity contribution in [3.05, 3.63) is 35.4 Å². The summed E-state index contributed by atoms with van der Waals surface area (Å²) >= 11 is 0. The van der Waals surface area contributed by atoms with Gasteiger partial charge in [-0.05, 0) is 12.1 Å². The van der Waals surface area contributed by atoms with Crippen LogP contribution in [0, 0.1) is 0 Å². The highest BCUT2D eigenvalue weighted by Crippen LogP contribution is 2.22. The maximum Gasteiger partial charge on any atom is 0.268 e. The molecule has 0 fully saturated rings. The molecule has 0 spiro atoms. The summed E-state index contributed by atoms with van der Waals surface area (Å²) in [5, 5.41) is 0. The lowest BCUT2D eigenvalue weighted by Crippen LogP contribution is -2.38. The Kier molecular flexibility index (Phi) is 2.54. The molecule has 1 heterocycles. The highest BCUT2D eigenvalue weighted by molar-refractivity contribution is 6.29. The summed E-state index contributed by atoms with van der Waals surface area (Å²) in [7, 11) is 1.33. The first-order chi connectivity index (χ1) is 7.66. The Balaban J connectivity index is 2.39. The zero-order valence-corrected chi connectivity index (χ0v) is 8.60. The van der Waals surface area contributed by atoms with Crippen LogP contribution in [0.3, 0.4) is 0 Å². The van der Waals surface area contributed by atoms with E-state index in [1.54, 1.807) is 12.1 Å². The Labute approximate surface area is 91.6 Å². The van der Waals surface area contributed by atoms with Gasteiger partial charge in [-0.15, -0.1) is 0 Å². The van der Waals surface area contributed by atoms with Gasteiger partial charge in [0, 0.05) is 7.11 Å². The van der Waals surface area contributed by atoms with Crippen LogP contribution in [0.2, 0.25) is 0 Å². The maximum atomic E-state index is 11.8. The van der Waals surface area contributed by atoms with Crippen molar-refractivity contribution in [2.45, 2.75) is 0 Å². The third-order valence-corrected chi connectivity index (χ3v) is 2.31. The lowest BCUT2D eigenvalue weighted by Gasteiger charge is -2.10. The molecule has 1 aromatic carbocycles. The zero-order chi connectivity index (χ0) is 11.7. The lowest BCUT2D eigenvalue weighted by atomic mass is 10.1. The minimum absolute atomic E-state index is 0.261. The van der Waals surface area contributed by atoms with Crippen LogP contribution in [0.25, 0.3) is 0 Å². The van der Waals surface area contributed by atoms with E-state index in [-0.39, 0.29) is 17.7 Å². The van der Waals surface area contributed by atoms with Crippen LogP contribution in [-0.2, 0) is 9.53 Å². The van der Waals surface area contributed by atoms with Gasteiger partial charge < -0.3 is 4.74 Å². The molecule has 82 valence electrons. The molecule has 16 heavy (non-hydrogen) atoms. The summed E-state index contributed by atoms with van der Waals surface area (Å²) in [5.74, 6) is -1.81. The van der Waals surface area contributed by atoms with Crippen molar-refractivity contribution in [2.24, 2.45) is 0 Å². The minimum atomic E-state index is -0.645. The van der Waals surface area contributed by atoms with E-state index in [1.807, 2.05) is 0 Å². The van der Waals surface area contributed by atoms with Crippen molar-refractivity contribution < 1.29 is 19.1 Å². The molecule has 2 rings (SSSR count). The molecule has 0 atom stereocenters. The fraction of sp³-hybridized carbons (Fsp3) is 0.182. The Hall–Kier alpha value is -2.01. The van der Waals surface area contributed by atoms with Gasteiger partial charge in [0.1, 0.15) is 6.61 Å². The van der Waals surface area contributed by atoms with Crippen LogP contribution in [0.1, 0.15) is 20.7 Å². The zero-order valence-electron chi connectivity index (χ0n) is 8.60. The smallest absolute Gasteiger partial charge is 0.268 e. The largest absolute Gasteiger partial charge is 0.375 e. The summed E-state index contributed by atoms with van der Waals surface area (Å²) in [6, 6.07) is 6.34. The molecule has 0 aromatic heterocycles. The van der Waals surface area contributed by atoms with Gasteiger partial charge in [0.25, 0.3) is 17.7 Å². The standard InChI is InChI=1S/C11H9NO4/c1-16-6-9(13)12-10(14)7-4-2-3-5-8(7)11(12)15/h2-5H,6H2,1H3. The number of carbonyl (C=O) groups is 3. The van der Waals surface area contributed by atoms with Gasteiger partial charge in [-0.2, -0.15) is 0 Å². The first-order valence-corrected chi connectivity index (χ1v) is 4.66. The number of hydrogen-bond acceptors (Lipinski definition) is 4. The molecule has 1 aliphatic rings. The maximum absolute atomic E-state index is 11.8. The highest BCUT2D eigenvalue weighted by atomic mass is 16.5. The summed E-state index contributed by atoms with van der Waals surface area (Å²) in [4.78, 5) is 35.6. The lowest BCUT2D eigenvalue weighted by molar-refractivity contribution is -0.130. The third kappa shape index (κ3) is 1.42. The predicted octanol–water partition coefficient (Wildman–Crippen LogP) is 0.456. The molecule has 5 heteroatoms. The summed E-state index contributed by atoms with van der Waals surface area (Å²) in [6.45, 7) is -0.286. The number of ether oxygens (including phenoxy) is 1. The quantitative estimate of drug-likeness (QED) is 0.678. The number of rotatable bonds is 2. The van der Waals surface area contributed by atoms with Crippen molar-refractivity contribution in [1.29, 1.82) is 0 Å². The average molecular weight is 219 g/mol. The fourth-order valence-electron chi connectivity index (χ4n) is 1.60. The van der Waals surface area contributed by atoms with Crippen LogP contribution in [0.5, 0.6) is 0 Å². The van der Waals surface area contributed by atoms with Gasteiger partial charge >= 0.3 is 0 Å². The SMILES string of the molecule is COCC(=O)N1C(=O)c2ccccc2C1=O. The van der Waals surface area contributed by atoms with E-state index in [4.69, 9.17) is 0 Å². The Morgan fingerprint density at radius 1 is 1.19 bits per heavy atom. The Bertz CT molecular complexity index is 446. The first kappa shape index (κ1) is 10.5. The molecule has 1 aliphatic heterocycles. The molecule has 0 saturated heterocycles. The van der Waals surface area contributed by atoms with E-state index in [0.717, 1.165) is 0 Å². The monoisotopic (exact) mass is 219 g/mol. The van der Waals surface area contributed by atoms with Crippen LogP contribution < -0.4 is 0 Å². The van der Waals surface area contributed by atoms with Crippen LogP contribution in [0.4, 0.5) is 0 Å². The molecule has 1 aromatic rings. The average Bonchev–Trinajstić information content (AvgIpc) is 2.53. The summed E-state index contributed by atoms with van der Waals surface area (Å²) < 4.78 is 4.62. The van der Waals surface area contributed by atoms with Crippen LogP contribution in [0.15, 0.2) is 24.3 Å². The number of methoxy groups -OCH3 is 1. The second-order valence-corrected chi connectivity index (χ2v) is 3.32. The normalized spacial score (nSPS) is 14.2. The van der Waals surface area contributed by atoms with Crippen molar-refractivity contribution in [3.8, 4) is 0 Å². The second-order valence-electron chi connectivity index (χ2n) is 3.32. The van der Waals surface area contributed by atoms with E-state index < -0.39 is 17.7 Å². The molecule has 5 nitrogen and oxygen atoms in total. The predicted molar refractivity (Wildman–Crippen MR) is 53.8 cm³/mol. The van der Waals surface area contributed by atoms with Crippen molar-refractivity contribution in [2.75, 3.05) is 13.7 Å². The second kappa shape index (κ2) is 3.86. The number of nitrogens with zero attached hydrogens (tertiary/aromatic N) is 1. The van der Waals surface area contributed by atoms with Crippen molar-refractivity contribution in [1.82, 2.24) is 4.90 Å². The van der Waals surface area contributed by atoms with Crippen molar-refractivity contribution in [3.63, 3.8) is 0 Å². The molecule has 0 unspecified atom stereocenters. The van der Waals surface area contributed by atoms with E-state index in [9.17, 15) is 14.4 Å².